The van der Waals surface area contributed by atoms with Gasteiger partial charge in [0, 0.05) is 12.7 Å². The Balaban J connectivity index is 1.81. The van der Waals surface area contributed by atoms with Gasteiger partial charge in [-0.25, -0.2) is 14.4 Å². The lowest BCUT2D eigenvalue weighted by atomic mass is 9.95. The van der Waals surface area contributed by atoms with Gasteiger partial charge in [0.05, 0.1) is 6.61 Å². The molecule has 2 aromatic rings. The van der Waals surface area contributed by atoms with Gasteiger partial charge in [-0.15, -0.1) is 0 Å². The molecule has 0 spiro atoms. The van der Waals surface area contributed by atoms with E-state index in [2.05, 4.69) is 10.1 Å². The molecule has 13 nitrogen and oxygen atoms in total. The highest BCUT2D eigenvalue weighted by Crippen LogP contribution is 2.43. The van der Waals surface area contributed by atoms with Crippen LogP contribution in [0.25, 0.3) is 0 Å². The normalized spacial score (nSPS) is 26.5. The van der Waals surface area contributed by atoms with Gasteiger partial charge in [0.15, 0.2) is 12.3 Å². The first-order valence-corrected chi connectivity index (χ1v) is 12.8. The minimum absolute atomic E-state index is 0.0367. The molecular formula is C22H32N5O8P. The van der Waals surface area contributed by atoms with Crippen LogP contribution in [0.15, 0.2) is 47.4 Å². The lowest BCUT2D eigenvalue weighted by Gasteiger charge is -2.31. The number of ether oxygens (including phenoxy) is 2. The summed E-state index contributed by atoms with van der Waals surface area (Å²) < 4.78 is 30.1. The average molecular weight is 525 g/mol. The number of aliphatic hydroxyl groups is 1. The number of aromatic nitrogens is 2. The minimum atomic E-state index is -4.33. The van der Waals surface area contributed by atoms with Gasteiger partial charge in [0.25, 0.3) is 0 Å². The maximum absolute atomic E-state index is 12.6. The Morgan fingerprint density at radius 1 is 1.33 bits per heavy atom. The van der Waals surface area contributed by atoms with Crippen molar-refractivity contribution in [2.75, 3.05) is 12.3 Å². The van der Waals surface area contributed by atoms with Gasteiger partial charge in [-0.3, -0.25) is 13.9 Å². The SMILES string of the molecule is CC(C)C(N)C(=O)O[C@@H]1C(COP(=O)(O)NCc2ccccc2)OC(n2ccc(N)nc2=O)[C@]1(C)O. The molecule has 6 atom stereocenters. The molecule has 0 aliphatic carbocycles. The highest BCUT2D eigenvalue weighted by molar-refractivity contribution is 7.50. The monoisotopic (exact) mass is 525 g/mol. The predicted octanol–water partition coefficient (Wildman–Crippen LogP) is 0.276. The fourth-order valence-electron chi connectivity index (χ4n) is 3.65. The number of anilines is 1. The quantitative estimate of drug-likeness (QED) is 0.210. The molecule has 0 bridgehead atoms. The van der Waals surface area contributed by atoms with Crippen LogP contribution in [0.4, 0.5) is 5.82 Å². The van der Waals surface area contributed by atoms with Crippen LogP contribution < -0.4 is 22.2 Å². The van der Waals surface area contributed by atoms with Crippen molar-refractivity contribution in [2.24, 2.45) is 11.7 Å². The Hall–Kier alpha value is -2.64. The smallest absolute Gasteiger partial charge is 0.403 e. The van der Waals surface area contributed by atoms with Crippen molar-refractivity contribution >= 4 is 19.5 Å². The van der Waals surface area contributed by atoms with E-state index in [1.807, 2.05) is 6.07 Å². The molecule has 14 heteroatoms. The van der Waals surface area contributed by atoms with Gasteiger partial charge >= 0.3 is 19.4 Å². The maximum Gasteiger partial charge on any atom is 0.403 e. The molecule has 36 heavy (non-hydrogen) atoms. The van der Waals surface area contributed by atoms with Gasteiger partial charge in [-0.2, -0.15) is 4.98 Å². The predicted molar refractivity (Wildman–Crippen MR) is 129 cm³/mol. The number of nitrogens with zero attached hydrogens (tertiary/aromatic N) is 2. The molecule has 2 heterocycles. The first-order chi connectivity index (χ1) is 16.8. The van der Waals surface area contributed by atoms with Crippen molar-refractivity contribution in [2.45, 2.75) is 57.4 Å². The van der Waals surface area contributed by atoms with E-state index in [1.54, 1.807) is 38.1 Å². The van der Waals surface area contributed by atoms with Gasteiger partial charge in [-0.05, 0) is 24.5 Å². The zero-order valence-corrected chi connectivity index (χ0v) is 21.1. The second kappa shape index (κ2) is 11.2. The van der Waals surface area contributed by atoms with E-state index in [1.165, 1.54) is 19.2 Å². The number of rotatable bonds is 10. The van der Waals surface area contributed by atoms with Crippen LogP contribution in [-0.2, 0) is 29.9 Å². The van der Waals surface area contributed by atoms with E-state index in [-0.39, 0.29) is 18.3 Å². The van der Waals surface area contributed by atoms with E-state index in [0.717, 1.165) is 10.1 Å². The van der Waals surface area contributed by atoms with Crippen molar-refractivity contribution in [3.05, 3.63) is 58.6 Å². The Labute approximate surface area is 208 Å². The van der Waals surface area contributed by atoms with Crippen LogP contribution in [0.2, 0.25) is 0 Å². The van der Waals surface area contributed by atoms with Crippen LogP contribution in [0.5, 0.6) is 0 Å². The summed E-state index contributed by atoms with van der Waals surface area (Å²) in [5, 5.41) is 13.7. The van der Waals surface area contributed by atoms with Gasteiger partial charge in [-0.1, -0.05) is 44.2 Å². The highest BCUT2D eigenvalue weighted by Gasteiger charge is 2.57. The number of carbonyl (C=O) groups excluding carboxylic acids is 1. The molecule has 198 valence electrons. The zero-order valence-electron chi connectivity index (χ0n) is 20.2. The molecule has 3 rings (SSSR count). The number of nitrogens with one attached hydrogen (secondary N) is 1. The molecule has 1 saturated heterocycles. The van der Waals surface area contributed by atoms with Crippen molar-refractivity contribution in [1.29, 1.82) is 0 Å². The topological polar surface area (TPSA) is 201 Å². The Bertz CT molecular complexity index is 1160. The Morgan fingerprint density at radius 3 is 2.61 bits per heavy atom. The van der Waals surface area contributed by atoms with E-state index in [0.29, 0.717) is 0 Å². The van der Waals surface area contributed by atoms with Crippen LogP contribution in [0, 0.1) is 5.92 Å². The molecule has 7 N–H and O–H groups in total. The summed E-state index contributed by atoms with van der Waals surface area (Å²) >= 11 is 0. The largest absolute Gasteiger partial charge is 0.455 e. The second-order valence-electron chi connectivity index (χ2n) is 9.06. The van der Waals surface area contributed by atoms with Gasteiger partial charge in [0.1, 0.15) is 23.6 Å². The molecular weight excluding hydrogens is 493 g/mol. The maximum atomic E-state index is 12.6. The van der Waals surface area contributed by atoms with Crippen LogP contribution >= 0.6 is 7.75 Å². The Kier molecular flexibility index (Phi) is 8.67. The van der Waals surface area contributed by atoms with Crippen molar-refractivity contribution in [1.82, 2.24) is 14.6 Å². The summed E-state index contributed by atoms with van der Waals surface area (Å²) in [6, 6.07) is 9.23. The molecule has 1 aliphatic rings. The van der Waals surface area contributed by atoms with Crippen molar-refractivity contribution in [3.63, 3.8) is 0 Å². The number of carbonyl (C=O) groups is 1. The highest BCUT2D eigenvalue weighted by atomic mass is 31.2. The summed E-state index contributed by atoms with van der Waals surface area (Å²) in [5.41, 5.74) is 9.40. The van der Waals surface area contributed by atoms with Crippen LogP contribution in [-0.4, -0.2) is 56.0 Å². The standard InChI is InChI=1S/C22H32N5O8P/c1-13(2)17(24)19(28)35-18-15(12-33-36(31,32)25-11-14-7-5-4-6-8-14)34-20(22(18,3)30)27-10-9-16(23)26-21(27)29/h4-10,13,15,17-18,20,30H,11-12,24H2,1-3H3,(H2,23,26,29)(H2,25,31,32)/t15?,17?,18-,20?,22-/m1/s1. The summed E-state index contributed by atoms with van der Waals surface area (Å²) in [6.45, 7) is 4.23. The molecule has 1 aliphatic heterocycles. The minimum Gasteiger partial charge on any atom is -0.455 e. The van der Waals surface area contributed by atoms with Crippen LogP contribution in [0.1, 0.15) is 32.6 Å². The molecule has 1 fully saturated rings. The van der Waals surface area contributed by atoms with E-state index in [9.17, 15) is 24.2 Å². The first kappa shape index (κ1) is 27.9. The molecule has 4 unspecified atom stereocenters. The third kappa shape index (κ3) is 6.56. The second-order valence-corrected chi connectivity index (χ2v) is 10.7. The van der Waals surface area contributed by atoms with Crippen molar-refractivity contribution < 1.29 is 33.4 Å². The molecule has 1 aromatic heterocycles. The van der Waals surface area contributed by atoms with E-state index >= 15 is 0 Å². The Morgan fingerprint density at radius 2 is 2.00 bits per heavy atom. The number of nitrogens with two attached hydrogens (primary N) is 2. The zero-order chi connectivity index (χ0) is 26.7. The molecule has 0 saturated carbocycles. The summed E-state index contributed by atoms with van der Waals surface area (Å²) in [6.07, 6.45) is -2.75. The third-order valence-corrected chi connectivity index (χ3v) is 6.85. The lowest BCUT2D eigenvalue weighted by molar-refractivity contribution is -0.166. The van der Waals surface area contributed by atoms with E-state index < -0.39 is 56.1 Å². The summed E-state index contributed by atoms with van der Waals surface area (Å²) in [5.74, 6) is -1.12. The fourth-order valence-corrected chi connectivity index (χ4v) is 4.47. The molecule has 0 amide bonds. The number of nitrogen functional groups attached to an aromatic ring is 1. The molecule has 0 radical (unpaired) electrons. The summed E-state index contributed by atoms with van der Waals surface area (Å²) in [4.78, 5) is 38.9. The molecule has 1 aromatic carbocycles. The average Bonchev–Trinajstić information content (AvgIpc) is 3.06. The first-order valence-electron chi connectivity index (χ1n) is 11.3. The van der Waals surface area contributed by atoms with Crippen LogP contribution in [0.3, 0.4) is 0 Å². The van der Waals surface area contributed by atoms with Gasteiger partial charge in [0.2, 0.25) is 0 Å². The fraction of sp³-hybridized carbons (Fsp3) is 0.500. The summed E-state index contributed by atoms with van der Waals surface area (Å²) in [7, 11) is -4.33. The number of hydrogen-bond donors (Lipinski definition) is 5. The van der Waals surface area contributed by atoms with Crippen molar-refractivity contribution in [3.8, 4) is 0 Å². The lowest BCUT2D eigenvalue weighted by Crippen LogP contribution is -2.51. The third-order valence-electron chi connectivity index (χ3n) is 5.79. The van der Waals surface area contributed by atoms with E-state index in [4.69, 9.17) is 25.5 Å². The number of hydrogen-bond acceptors (Lipinski definition) is 10. The number of esters is 1. The number of benzene rings is 1. The van der Waals surface area contributed by atoms with Gasteiger partial charge < -0.3 is 30.9 Å².